The summed E-state index contributed by atoms with van der Waals surface area (Å²) in [6, 6.07) is 2.82. The second-order valence-electron chi connectivity index (χ2n) is 5.49. The third-order valence-electron chi connectivity index (χ3n) is 3.96. The topological polar surface area (TPSA) is 212 Å². The Morgan fingerprint density at radius 2 is 2.07 bits per heavy atom. The Kier molecular flexibility index (Phi) is 4.48. The highest BCUT2D eigenvalue weighted by atomic mass is 35.5. The van der Waals surface area contributed by atoms with Gasteiger partial charge in [0.05, 0.1) is 10.6 Å². The van der Waals surface area contributed by atoms with Crippen LogP contribution in [-0.4, -0.2) is 21.0 Å². The Morgan fingerprint density at radius 1 is 1.36 bits per heavy atom. The zero-order valence-corrected chi connectivity index (χ0v) is 14.5. The molecule has 0 radical (unpaired) electrons. The Labute approximate surface area is 161 Å². The van der Waals surface area contributed by atoms with Crippen LogP contribution in [0.25, 0.3) is 0 Å². The molecule has 1 aliphatic heterocycles. The molecule has 12 nitrogen and oxygen atoms in total. The average molecular weight is 400 g/mol. The highest BCUT2D eigenvalue weighted by Crippen LogP contribution is 2.47. The monoisotopic (exact) mass is 399 g/mol. The standard InChI is InChI=1S/C15H10ClN9O3/c16-6-1-2-7(26)8(12(6)25(27)28)11-9-10(19)5(3-17)13(20)23-14(9)24-15(22-11)21-4-18/h1-2,11,26H,(H6,19,20,21,22,23,24). The lowest BCUT2D eigenvalue weighted by atomic mass is 9.93. The van der Waals surface area contributed by atoms with Gasteiger partial charge in [-0.15, -0.1) is 0 Å². The van der Waals surface area contributed by atoms with Crippen LogP contribution in [0.1, 0.15) is 22.7 Å². The number of hydrogen-bond donors (Lipinski definition) is 5. The van der Waals surface area contributed by atoms with E-state index in [-0.39, 0.29) is 45.0 Å². The van der Waals surface area contributed by atoms with Crippen LogP contribution in [0.3, 0.4) is 0 Å². The number of guanidine groups is 1. The zero-order chi connectivity index (χ0) is 20.6. The van der Waals surface area contributed by atoms with Gasteiger partial charge in [0.25, 0.3) is 5.69 Å². The minimum Gasteiger partial charge on any atom is -0.507 e. The summed E-state index contributed by atoms with van der Waals surface area (Å²) in [5, 5.41) is 44.8. The lowest BCUT2D eigenvalue weighted by molar-refractivity contribution is -0.385. The van der Waals surface area contributed by atoms with Gasteiger partial charge in [-0.25, -0.2) is 9.98 Å². The lowest BCUT2D eigenvalue weighted by Gasteiger charge is -2.26. The molecule has 0 saturated heterocycles. The van der Waals surface area contributed by atoms with E-state index in [1.54, 1.807) is 12.3 Å². The van der Waals surface area contributed by atoms with E-state index in [0.29, 0.717) is 0 Å². The molecule has 1 atom stereocenters. The fourth-order valence-electron chi connectivity index (χ4n) is 2.82. The van der Waals surface area contributed by atoms with Gasteiger partial charge in [0.1, 0.15) is 45.6 Å². The molecule has 0 saturated carbocycles. The van der Waals surface area contributed by atoms with Crippen molar-refractivity contribution in [1.29, 1.82) is 10.5 Å². The number of nitrogens with two attached hydrogens (primary N) is 2. The number of nitrogen functional groups attached to an aromatic ring is 2. The predicted octanol–water partition coefficient (Wildman–Crippen LogP) is 1.33. The SMILES string of the molecule is N#CNC1=NC(c2c(O)ccc(Cl)c2[N+](=O)[O-])c2c(nc(N)c(C#N)c2N)N1. The predicted molar refractivity (Wildman–Crippen MR) is 99.2 cm³/mol. The summed E-state index contributed by atoms with van der Waals surface area (Å²) in [6.45, 7) is 0. The summed E-state index contributed by atoms with van der Waals surface area (Å²) in [6.07, 6.45) is 1.65. The van der Waals surface area contributed by atoms with Gasteiger partial charge in [-0.1, -0.05) is 11.6 Å². The summed E-state index contributed by atoms with van der Waals surface area (Å²) in [5.41, 5.74) is 10.7. The van der Waals surface area contributed by atoms with Gasteiger partial charge in [0.15, 0.2) is 6.19 Å². The number of aromatic hydroxyl groups is 1. The third kappa shape index (κ3) is 2.80. The van der Waals surface area contributed by atoms with Gasteiger partial charge in [-0.05, 0) is 12.1 Å². The first-order valence-corrected chi connectivity index (χ1v) is 7.82. The first-order valence-electron chi connectivity index (χ1n) is 7.44. The smallest absolute Gasteiger partial charge is 0.297 e. The Hall–Kier alpha value is -4.29. The first kappa shape index (κ1) is 18.5. The molecule has 3 rings (SSSR count). The van der Waals surface area contributed by atoms with E-state index in [1.165, 1.54) is 0 Å². The fourth-order valence-corrected chi connectivity index (χ4v) is 3.05. The van der Waals surface area contributed by atoms with Crippen LogP contribution in [0.15, 0.2) is 17.1 Å². The number of aromatic nitrogens is 1. The lowest BCUT2D eigenvalue weighted by Crippen LogP contribution is -2.33. The summed E-state index contributed by atoms with van der Waals surface area (Å²) in [7, 11) is 0. The third-order valence-corrected chi connectivity index (χ3v) is 4.26. The maximum atomic E-state index is 11.6. The molecule has 2 aromatic rings. The van der Waals surface area contributed by atoms with Crippen molar-refractivity contribution in [2.75, 3.05) is 16.8 Å². The minimum atomic E-state index is -1.30. The fraction of sp³-hybridized carbons (Fsp3) is 0.0667. The molecule has 1 unspecified atom stereocenters. The average Bonchev–Trinajstić information content (AvgIpc) is 2.62. The number of pyridine rings is 1. The number of anilines is 3. The molecule has 1 aliphatic rings. The van der Waals surface area contributed by atoms with Crippen LogP contribution >= 0.6 is 11.6 Å². The van der Waals surface area contributed by atoms with Crippen molar-refractivity contribution >= 4 is 40.6 Å². The highest BCUT2D eigenvalue weighted by molar-refractivity contribution is 6.33. The van der Waals surface area contributed by atoms with Gasteiger partial charge in [0.2, 0.25) is 5.96 Å². The molecule has 0 amide bonds. The van der Waals surface area contributed by atoms with E-state index in [2.05, 4.69) is 20.6 Å². The summed E-state index contributed by atoms with van der Waals surface area (Å²) >= 11 is 5.96. The Bertz CT molecular complexity index is 1130. The van der Waals surface area contributed by atoms with Crippen molar-refractivity contribution in [3.63, 3.8) is 0 Å². The molecule has 0 fully saturated rings. The molecule has 140 valence electrons. The number of phenols is 1. The van der Waals surface area contributed by atoms with Crippen molar-refractivity contribution in [2.45, 2.75) is 6.04 Å². The number of nitro benzene ring substituents is 1. The Morgan fingerprint density at radius 3 is 2.68 bits per heavy atom. The molecular weight excluding hydrogens is 390 g/mol. The van der Waals surface area contributed by atoms with Crippen LogP contribution in [0, 0.1) is 32.9 Å². The van der Waals surface area contributed by atoms with Gasteiger partial charge in [0, 0.05) is 5.56 Å². The van der Waals surface area contributed by atoms with Crippen molar-refractivity contribution in [1.82, 2.24) is 10.3 Å². The largest absolute Gasteiger partial charge is 0.507 e. The van der Waals surface area contributed by atoms with Gasteiger partial charge < -0.3 is 21.9 Å². The second-order valence-corrected chi connectivity index (χ2v) is 5.89. The number of fused-ring (bicyclic) bond motifs is 1. The zero-order valence-electron chi connectivity index (χ0n) is 13.8. The molecule has 28 heavy (non-hydrogen) atoms. The molecule has 0 aliphatic carbocycles. The number of nitrogens with one attached hydrogen (secondary N) is 2. The summed E-state index contributed by atoms with van der Waals surface area (Å²) < 4.78 is 0. The van der Waals surface area contributed by atoms with E-state index in [9.17, 15) is 20.5 Å². The quantitative estimate of drug-likeness (QED) is 0.211. The van der Waals surface area contributed by atoms with Crippen molar-refractivity contribution in [3.05, 3.63) is 44.0 Å². The molecule has 0 spiro atoms. The summed E-state index contributed by atoms with van der Waals surface area (Å²) in [5.74, 6) is -0.776. The number of nitrogens with zero attached hydrogens (tertiary/aromatic N) is 5. The van der Waals surface area contributed by atoms with E-state index in [4.69, 9.17) is 28.3 Å². The number of rotatable bonds is 2. The maximum Gasteiger partial charge on any atom is 0.297 e. The van der Waals surface area contributed by atoms with Gasteiger partial charge >= 0.3 is 0 Å². The number of nitriles is 2. The second kappa shape index (κ2) is 6.79. The van der Waals surface area contributed by atoms with Gasteiger partial charge in [-0.2, -0.15) is 10.5 Å². The minimum absolute atomic E-state index is 0.0143. The van der Waals surface area contributed by atoms with E-state index in [1.807, 2.05) is 0 Å². The van der Waals surface area contributed by atoms with E-state index in [0.717, 1.165) is 12.1 Å². The molecule has 1 aromatic heterocycles. The normalized spacial score (nSPS) is 14.7. The number of hydrogen-bond acceptors (Lipinski definition) is 11. The molecule has 0 bridgehead atoms. The van der Waals surface area contributed by atoms with Crippen LogP contribution in [0.5, 0.6) is 5.75 Å². The molecule has 1 aromatic carbocycles. The Balaban J connectivity index is 2.40. The highest BCUT2D eigenvalue weighted by Gasteiger charge is 2.36. The molecule has 7 N–H and O–H groups in total. The van der Waals surface area contributed by atoms with Crippen molar-refractivity contribution in [3.8, 4) is 18.0 Å². The van der Waals surface area contributed by atoms with Crippen LogP contribution in [-0.2, 0) is 0 Å². The summed E-state index contributed by atoms with van der Waals surface area (Å²) in [4.78, 5) is 19.0. The number of nitro groups is 1. The van der Waals surface area contributed by atoms with E-state index < -0.39 is 22.4 Å². The van der Waals surface area contributed by atoms with Crippen LogP contribution in [0.2, 0.25) is 5.02 Å². The van der Waals surface area contributed by atoms with E-state index >= 15 is 0 Å². The van der Waals surface area contributed by atoms with Crippen molar-refractivity contribution < 1.29 is 10.0 Å². The molecule has 2 heterocycles. The molecule has 13 heteroatoms. The molecular formula is C15H10ClN9O3. The van der Waals surface area contributed by atoms with Crippen LogP contribution < -0.4 is 22.1 Å². The van der Waals surface area contributed by atoms with Crippen molar-refractivity contribution in [2.24, 2.45) is 4.99 Å². The number of phenolic OH excluding ortho intramolecular Hbond substituents is 1. The van der Waals surface area contributed by atoms with Crippen LogP contribution in [0.4, 0.5) is 23.0 Å². The number of halogens is 1. The van der Waals surface area contributed by atoms with Gasteiger partial charge in [-0.3, -0.25) is 15.4 Å². The number of aliphatic imine (C=N–C) groups is 1. The maximum absolute atomic E-state index is 11.6. The first-order chi connectivity index (χ1) is 13.3. The number of benzene rings is 1.